The molecule has 0 aromatic carbocycles. The van der Waals surface area contributed by atoms with Gasteiger partial charge in [-0.1, -0.05) is 135 Å². The molecule has 0 amide bonds. The molecule has 0 aliphatic heterocycles. The molecule has 0 saturated carbocycles. The molecule has 57 heavy (non-hydrogen) atoms. The first-order valence-electron chi connectivity index (χ1n) is 19.6. The summed E-state index contributed by atoms with van der Waals surface area (Å²) in [5.41, 5.74) is 6.43. The second-order valence-corrected chi connectivity index (χ2v) is 16.3. The molecule has 2 aliphatic rings. The van der Waals surface area contributed by atoms with Crippen LogP contribution in [0.5, 0.6) is 0 Å². The van der Waals surface area contributed by atoms with E-state index < -0.39 is 24.1 Å². The van der Waals surface area contributed by atoms with Crippen molar-refractivity contribution in [2.45, 2.75) is 127 Å². The quantitative estimate of drug-likeness (QED) is 0.0766. The lowest BCUT2D eigenvalue weighted by Gasteiger charge is -2.36. The van der Waals surface area contributed by atoms with Gasteiger partial charge in [0.15, 0.2) is 23.8 Å². The average molecular weight is 779 g/mol. The minimum absolute atomic E-state index is 0.0194. The smallest absolute Gasteiger partial charge is 0.306 e. The summed E-state index contributed by atoms with van der Waals surface area (Å²) in [6, 6.07) is 0. The van der Waals surface area contributed by atoms with Gasteiger partial charge >= 0.3 is 11.9 Å². The van der Waals surface area contributed by atoms with Crippen molar-refractivity contribution < 1.29 is 38.2 Å². The van der Waals surface area contributed by atoms with E-state index in [1.165, 1.54) is 6.92 Å². The zero-order valence-electron chi connectivity index (χ0n) is 35.8. The summed E-state index contributed by atoms with van der Waals surface area (Å²) in [5.74, 6) is -1.54. The number of aldehydes is 1. The van der Waals surface area contributed by atoms with Crippen LogP contribution in [-0.4, -0.2) is 47.8 Å². The van der Waals surface area contributed by atoms with Gasteiger partial charge in [0, 0.05) is 25.7 Å². The first-order valence-corrected chi connectivity index (χ1v) is 19.6. The van der Waals surface area contributed by atoms with E-state index in [9.17, 15) is 28.8 Å². The van der Waals surface area contributed by atoms with Crippen LogP contribution < -0.4 is 0 Å². The highest BCUT2D eigenvalue weighted by Crippen LogP contribution is 2.42. The monoisotopic (exact) mass is 778 g/mol. The highest BCUT2D eigenvalue weighted by molar-refractivity contribution is 6.02. The van der Waals surface area contributed by atoms with Crippen LogP contribution in [-0.2, 0) is 38.2 Å². The molecule has 0 radical (unpaired) electrons. The van der Waals surface area contributed by atoms with Gasteiger partial charge in [0.2, 0.25) is 0 Å². The van der Waals surface area contributed by atoms with Crippen LogP contribution in [0.15, 0.2) is 130 Å². The maximum atomic E-state index is 13.0. The number of carbonyl (C=O) groups excluding carboxylic acids is 6. The number of hydrogen-bond acceptors (Lipinski definition) is 8. The molecule has 2 rings (SSSR count). The average Bonchev–Trinajstić information content (AvgIpc) is 3.12. The van der Waals surface area contributed by atoms with Crippen LogP contribution in [0.4, 0.5) is 0 Å². The number of carbonyl (C=O) groups is 6. The van der Waals surface area contributed by atoms with Gasteiger partial charge in [-0.25, -0.2) is 0 Å². The molecular formula is C49H62O8. The summed E-state index contributed by atoms with van der Waals surface area (Å²) in [6.07, 6.45) is 27.9. The molecule has 8 heteroatoms. The molecule has 0 aromatic heterocycles. The summed E-state index contributed by atoms with van der Waals surface area (Å²) in [7, 11) is 0. The van der Waals surface area contributed by atoms with E-state index in [1.54, 1.807) is 13.8 Å². The maximum Gasteiger partial charge on any atom is 0.306 e. The fourth-order valence-corrected chi connectivity index (χ4v) is 6.65. The van der Waals surface area contributed by atoms with Crippen LogP contribution in [0.1, 0.15) is 115 Å². The van der Waals surface area contributed by atoms with Gasteiger partial charge in [0.25, 0.3) is 0 Å². The first kappa shape index (κ1) is 47.9. The van der Waals surface area contributed by atoms with Crippen molar-refractivity contribution in [3.8, 4) is 0 Å². The largest absolute Gasteiger partial charge is 0.454 e. The Morgan fingerprint density at radius 2 is 0.947 bits per heavy atom. The third kappa shape index (κ3) is 16.0. The topological polar surface area (TPSA) is 121 Å². The first-order chi connectivity index (χ1) is 26.7. The van der Waals surface area contributed by atoms with Gasteiger partial charge in [-0.3, -0.25) is 19.2 Å². The lowest BCUT2D eigenvalue weighted by atomic mass is 9.71. The molecule has 0 fully saturated rings. The molecule has 0 heterocycles. The fourth-order valence-electron chi connectivity index (χ4n) is 6.65. The Hall–Kier alpha value is -5.24. The Labute approximate surface area is 340 Å². The van der Waals surface area contributed by atoms with Gasteiger partial charge in [0.05, 0.1) is 12.8 Å². The maximum absolute atomic E-state index is 13.0. The number of rotatable bonds is 18. The molecular weight excluding hydrogens is 717 g/mol. The molecule has 0 saturated heterocycles. The van der Waals surface area contributed by atoms with Crippen LogP contribution in [0.2, 0.25) is 0 Å². The SMILES string of the molecule is CC(=O)CCC(=O)OC1CC(C)(C)C(/C=C/C(C)=C/C=C/C(C)=C/C=C/C=C(C)/C=C/C=C(C)/C=C/C2=C(C)C(=O)C(OC(=O)CCC=O)CC2(C)C)=C(C)C1=O. The summed E-state index contributed by atoms with van der Waals surface area (Å²) in [5, 5.41) is 0. The molecule has 2 aliphatic carbocycles. The zero-order chi connectivity index (χ0) is 42.9. The lowest BCUT2D eigenvalue weighted by molar-refractivity contribution is -0.156. The van der Waals surface area contributed by atoms with Crippen molar-refractivity contribution in [3.05, 3.63) is 130 Å². The molecule has 306 valence electrons. The molecule has 2 unspecified atom stereocenters. The van der Waals surface area contributed by atoms with Gasteiger partial charge in [-0.05, 0) is 81.6 Å². The van der Waals surface area contributed by atoms with E-state index in [1.807, 2.05) is 140 Å². The van der Waals surface area contributed by atoms with E-state index in [4.69, 9.17) is 9.47 Å². The van der Waals surface area contributed by atoms with Gasteiger partial charge in [0.1, 0.15) is 12.1 Å². The number of hydrogen-bond donors (Lipinski definition) is 0. The van der Waals surface area contributed by atoms with E-state index in [0.29, 0.717) is 30.3 Å². The molecule has 0 aromatic rings. The highest BCUT2D eigenvalue weighted by Gasteiger charge is 2.41. The second kappa shape index (κ2) is 22.5. The number of Topliss-reactive ketones (excluding diaryl/α,β-unsaturated/α-hetero) is 3. The third-order valence-electron chi connectivity index (χ3n) is 9.97. The van der Waals surface area contributed by atoms with Crippen molar-refractivity contribution in [1.29, 1.82) is 0 Å². The van der Waals surface area contributed by atoms with Gasteiger partial charge in [-0.2, -0.15) is 0 Å². The van der Waals surface area contributed by atoms with Crippen LogP contribution in [0.3, 0.4) is 0 Å². The number of esters is 2. The highest BCUT2D eigenvalue weighted by atomic mass is 16.6. The number of ketones is 3. The Morgan fingerprint density at radius 3 is 1.33 bits per heavy atom. The normalized spacial score (nSPS) is 21.2. The minimum atomic E-state index is -0.839. The van der Waals surface area contributed by atoms with E-state index in [2.05, 4.69) is 0 Å². The second-order valence-electron chi connectivity index (χ2n) is 16.3. The molecule has 8 nitrogen and oxygen atoms in total. The summed E-state index contributed by atoms with van der Waals surface area (Å²) in [4.78, 5) is 72.0. The van der Waals surface area contributed by atoms with Crippen LogP contribution in [0, 0.1) is 10.8 Å². The number of ether oxygens (including phenoxy) is 2. The van der Waals surface area contributed by atoms with E-state index in [-0.39, 0.29) is 53.9 Å². The lowest BCUT2D eigenvalue weighted by Crippen LogP contribution is -2.39. The third-order valence-corrected chi connectivity index (χ3v) is 9.97. The predicted octanol–water partition coefficient (Wildman–Crippen LogP) is 10.4. The Kier molecular flexibility index (Phi) is 18.9. The van der Waals surface area contributed by atoms with Gasteiger partial charge in [-0.15, -0.1) is 0 Å². The van der Waals surface area contributed by atoms with Crippen molar-refractivity contribution in [3.63, 3.8) is 0 Å². The van der Waals surface area contributed by atoms with Crippen LogP contribution >= 0.6 is 0 Å². The molecule has 0 bridgehead atoms. The molecule has 2 atom stereocenters. The van der Waals surface area contributed by atoms with E-state index >= 15 is 0 Å². The molecule has 0 N–H and O–H groups in total. The van der Waals surface area contributed by atoms with E-state index in [0.717, 1.165) is 33.4 Å². The van der Waals surface area contributed by atoms with Crippen LogP contribution in [0.25, 0.3) is 0 Å². The van der Waals surface area contributed by atoms with Crippen molar-refractivity contribution in [2.24, 2.45) is 10.8 Å². The van der Waals surface area contributed by atoms with Crippen molar-refractivity contribution in [1.82, 2.24) is 0 Å². The Morgan fingerprint density at radius 1 is 0.579 bits per heavy atom. The van der Waals surface area contributed by atoms with Crippen molar-refractivity contribution >= 4 is 35.6 Å². The summed E-state index contributed by atoms with van der Waals surface area (Å²) in [6.45, 7) is 21.1. The fraction of sp³-hybridized carbons (Fsp3) is 0.429. The zero-order valence-corrected chi connectivity index (χ0v) is 35.8. The summed E-state index contributed by atoms with van der Waals surface area (Å²) < 4.78 is 10.9. The summed E-state index contributed by atoms with van der Waals surface area (Å²) >= 11 is 0. The van der Waals surface area contributed by atoms with Crippen molar-refractivity contribution in [2.75, 3.05) is 0 Å². The Balaban J connectivity index is 1.97. The van der Waals surface area contributed by atoms with Gasteiger partial charge < -0.3 is 19.1 Å². The Bertz CT molecular complexity index is 1910. The standard InChI is InChI=1S/C49H62O8/c1-33(19-14-21-35(3)24-27-40-38(6)46(54)42(31-48(40,8)9)56-44(52)23-16-30-50)17-12-13-18-34(2)20-15-22-36(4)25-28-41-39(7)47(55)43(32-49(41,10)11)57-45(53)29-26-37(5)51/h12-15,17-22,24-25,27-28,30,42-43H,16,23,26,29,31-32H2,1-11H3/b13-12+,19-14+,20-15+,27-24+,28-25+,33-17+,34-18+,35-21+,36-22+. The molecule has 0 spiro atoms. The number of allylic oxidation sites excluding steroid dienone is 20. The minimum Gasteiger partial charge on any atom is -0.454 e. The predicted molar refractivity (Wildman–Crippen MR) is 228 cm³/mol.